The first kappa shape index (κ1) is 13.8. The fourth-order valence-electron chi connectivity index (χ4n) is 1.69. The van der Waals surface area contributed by atoms with Gasteiger partial charge in [0.1, 0.15) is 0 Å². The second kappa shape index (κ2) is 6.45. The zero-order valence-corrected chi connectivity index (χ0v) is 11.5. The van der Waals surface area contributed by atoms with E-state index in [0.717, 1.165) is 17.9 Å². The number of hydrogen-bond acceptors (Lipinski definition) is 4. The Bertz CT molecular complexity index is 336. The molecule has 1 rings (SSSR count). The predicted molar refractivity (Wildman–Crippen MR) is 74.6 cm³/mol. The van der Waals surface area contributed by atoms with Crippen LogP contribution in [0.15, 0.2) is 18.5 Å². The molecule has 0 amide bonds. The topological polar surface area (TPSA) is 40.2 Å². The van der Waals surface area contributed by atoms with Crippen molar-refractivity contribution in [2.75, 3.05) is 38.3 Å². The maximum Gasteiger partial charge on any atom is 0.0550 e. The van der Waals surface area contributed by atoms with Crippen LogP contribution in [0.1, 0.15) is 13.8 Å². The number of hydrogen-bond donors (Lipinski definition) is 2. The summed E-state index contributed by atoms with van der Waals surface area (Å²) in [5.41, 5.74) is 2.10. The second-order valence-electron chi connectivity index (χ2n) is 4.97. The van der Waals surface area contributed by atoms with Crippen LogP contribution in [0.25, 0.3) is 0 Å². The van der Waals surface area contributed by atoms with E-state index in [2.05, 4.69) is 54.5 Å². The summed E-state index contributed by atoms with van der Waals surface area (Å²) in [4.78, 5) is 6.41. The second-order valence-corrected chi connectivity index (χ2v) is 4.97. The van der Waals surface area contributed by atoms with Gasteiger partial charge < -0.3 is 15.5 Å². The van der Waals surface area contributed by atoms with Crippen molar-refractivity contribution < 1.29 is 0 Å². The molecule has 0 bridgehead atoms. The molecule has 0 saturated carbocycles. The number of likely N-dealkylation sites (N-methyl/N-ethyl adjacent to an activating group) is 1. The highest BCUT2D eigenvalue weighted by molar-refractivity contribution is 5.54. The van der Waals surface area contributed by atoms with Gasteiger partial charge >= 0.3 is 0 Å². The molecular weight excluding hydrogens is 212 g/mol. The molecule has 96 valence electrons. The summed E-state index contributed by atoms with van der Waals surface area (Å²) in [6.07, 6.45) is 3.69. The standard InChI is InChI=1S/C13H24N4/c1-10(2)13(9-17(4)5)16-12-6-11(14-3)7-15-8-12/h6-8,10,13-14,16H,9H2,1-5H3. The number of nitrogens with one attached hydrogen (secondary N) is 2. The molecule has 1 aromatic heterocycles. The molecule has 1 unspecified atom stereocenters. The summed E-state index contributed by atoms with van der Waals surface area (Å²) in [5.74, 6) is 0.579. The number of pyridine rings is 1. The fourth-order valence-corrected chi connectivity index (χ4v) is 1.69. The van der Waals surface area contributed by atoms with Crippen LogP contribution in [0.2, 0.25) is 0 Å². The molecule has 17 heavy (non-hydrogen) atoms. The van der Waals surface area contributed by atoms with E-state index in [9.17, 15) is 0 Å². The molecule has 4 nitrogen and oxygen atoms in total. The molecule has 0 spiro atoms. The monoisotopic (exact) mass is 236 g/mol. The molecule has 1 atom stereocenters. The van der Waals surface area contributed by atoms with E-state index in [0.29, 0.717) is 12.0 Å². The van der Waals surface area contributed by atoms with Gasteiger partial charge in [0.05, 0.1) is 23.8 Å². The lowest BCUT2D eigenvalue weighted by atomic mass is 10.0. The van der Waals surface area contributed by atoms with Crippen molar-refractivity contribution in [1.82, 2.24) is 9.88 Å². The van der Waals surface area contributed by atoms with Gasteiger partial charge in [-0.25, -0.2) is 0 Å². The van der Waals surface area contributed by atoms with Gasteiger partial charge in [-0.15, -0.1) is 0 Å². The van der Waals surface area contributed by atoms with Crippen molar-refractivity contribution in [2.24, 2.45) is 5.92 Å². The van der Waals surface area contributed by atoms with E-state index >= 15 is 0 Å². The molecule has 4 heteroatoms. The Balaban J connectivity index is 2.71. The molecule has 0 aliphatic rings. The largest absolute Gasteiger partial charge is 0.387 e. The minimum Gasteiger partial charge on any atom is -0.387 e. The first-order valence-corrected chi connectivity index (χ1v) is 6.07. The first-order valence-electron chi connectivity index (χ1n) is 6.07. The summed E-state index contributed by atoms with van der Waals surface area (Å²) < 4.78 is 0. The lowest BCUT2D eigenvalue weighted by molar-refractivity contribution is 0.344. The van der Waals surface area contributed by atoms with E-state index in [1.165, 1.54) is 0 Å². The molecule has 0 aromatic carbocycles. The summed E-state index contributed by atoms with van der Waals surface area (Å²) in [6.45, 7) is 5.48. The smallest absolute Gasteiger partial charge is 0.0550 e. The van der Waals surface area contributed by atoms with Crippen molar-refractivity contribution in [3.05, 3.63) is 18.5 Å². The van der Waals surface area contributed by atoms with Crippen molar-refractivity contribution in [1.29, 1.82) is 0 Å². The van der Waals surface area contributed by atoms with Crippen LogP contribution in [0.3, 0.4) is 0 Å². The molecule has 1 heterocycles. The van der Waals surface area contributed by atoms with Crippen LogP contribution >= 0.6 is 0 Å². The Morgan fingerprint density at radius 1 is 1.24 bits per heavy atom. The van der Waals surface area contributed by atoms with Gasteiger partial charge in [0.25, 0.3) is 0 Å². The Morgan fingerprint density at radius 2 is 1.88 bits per heavy atom. The summed E-state index contributed by atoms with van der Waals surface area (Å²) >= 11 is 0. The highest BCUT2D eigenvalue weighted by atomic mass is 15.1. The minimum absolute atomic E-state index is 0.430. The van der Waals surface area contributed by atoms with Gasteiger partial charge in [-0.2, -0.15) is 0 Å². The molecule has 1 aromatic rings. The molecule has 0 radical (unpaired) electrons. The number of aromatic nitrogens is 1. The van der Waals surface area contributed by atoms with Crippen molar-refractivity contribution in [3.8, 4) is 0 Å². The minimum atomic E-state index is 0.430. The molecule has 0 saturated heterocycles. The average Bonchev–Trinajstić information content (AvgIpc) is 2.27. The van der Waals surface area contributed by atoms with Crippen LogP contribution < -0.4 is 10.6 Å². The van der Waals surface area contributed by atoms with E-state index in [1.54, 1.807) is 0 Å². The summed E-state index contributed by atoms with van der Waals surface area (Å²) in [6, 6.07) is 2.51. The highest BCUT2D eigenvalue weighted by Crippen LogP contribution is 2.16. The number of rotatable bonds is 6. The molecule has 2 N–H and O–H groups in total. The Labute approximate surface area is 104 Å². The van der Waals surface area contributed by atoms with Gasteiger partial charge in [0.15, 0.2) is 0 Å². The summed E-state index contributed by atoms with van der Waals surface area (Å²) in [7, 11) is 6.10. The third-order valence-corrected chi connectivity index (χ3v) is 2.75. The van der Waals surface area contributed by atoms with Gasteiger partial charge in [-0.05, 0) is 26.1 Å². The molecule has 0 aliphatic carbocycles. The Hall–Kier alpha value is -1.29. The third kappa shape index (κ3) is 4.61. The van der Waals surface area contributed by atoms with E-state index < -0.39 is 0 Å². The van der Waals surface area contributed by atoms with E-state index in [1.807, 2.05) is 19.4 Å². The number of anilines is 2. The van der Waals surface area contributed by atoms with Crippen LogP contribution in [-0.4, -0.2) is 43.6 Å². The molecular formula is C13H24N4. The fraction of sp³-hybridized carbons (Fsp3) is 0.615. The zero-order valence-electron chi connectivity index (χ0n) is 11.5. The van der Waals surface area contributed by atoms with Crippen LogP contribution in [-0.2, 0) is 0 Å². The zero-order chi connectivity index (χ0) is 12.8. The van der Waals surface area contributed by atoms with Crippen molar-refractivity contribution >= 4 is 11.4 Å². The maximum absolute atomic E-state index is 4.21. The lowest BCUT2D eigenvalue weighted by Crippen LogP contribution is -2.36. The summed E-state index contributed by atoms with van der Waals surface area (Å²) in [5, 5.41) is 6.64. The van der Waals surface area contributed by atoms with Crippen LogP contribution in [0.4, 0.5) is 11.4 Å². The van der Waals surface area contributed by atoms with Gasteiger partial charge in [-0.3, -0.25) is 4.98 Å². The number of nitrogens with zero attached hydrogens (tertiary/aromatic N) is 2. The van der Waals surface area contributed by atoms with Gasteiger partial charge in [0.2, 0.25) is 0 Å². The van der Waals surface area contributed by atoms with E-state index in [4.69, 9.17) is 0 Å². The third-order valence-electron chi connectivity index (χ3n) is 2.75. The molecule has 0 aliphatic heterocycles. The van der Waals surface area contributed by atoms with Gasteiger partial charge in [0, 0.05) is 19.6 Å². The van der Waals surface area contributed by atoms with Gasteiger partial charge in [-0.1, -0.05) is 13.8 Å². The van der Waals surface area contributed by atoms with E-state index in [-0.39, 0.29) is 0 Å². The predicted octanol–water partition coefficient (Wildman–Crippen LogP) is 2.12. The van der Waals surface area contributed by atoms with Crippen LogP contribution in [0, 0.1) is 5.92 Å². The first-order chi connectivity index (χ1) is 8.02. The van der Waals surface area contributed by atoms with Crippen molar-refractivity contribution in [3.63, 3.8) is 0 Å². The normalized spacial score (nSPS) is 12.9. The van der Waals surface area contributed by atoms with Crippen molar-refractivity contribution in [2.45, 2.75) is 19.9 Å². The lowest BCUT2D eigenvalue weighted by Gasteiger charge is -2.26. The quantitative estimate of drug-likeness (QED) is 0.794. The average molecular weight is 236 g/mol. The maximum atomic E-state index is 4.21. The van der Waals surface area contributed by atoms with Crippen LogP contribution in [0.5, 0.6) is 0 Å². The Morgan fingerprint density at radius 3 is 2.41 bits per heavy atom. The molecule has 0 fully saturated rings. The SMILES string of the molecule is CNc1cncc(NC(CN(C)C)C(C)C)c1. The Kier molecular flexibility index (Phi) is 5.22. The highest BCUT2D eigenvalue weighted by Gasteiger charge is 2.14.